The van der Waals surface area contributed by atoms with Gasteiger partial charge < -0.3 is 15.2 Å². The number of fused-ring (bicyclic) bond motifs is 3. The van der Waals surface area contributed by atoms with E-state index in [1.165, 1.54) is 19.3 Å². The summed E-state index contributed by atoms with van der Waals surface area (Å²) >= 11 is 0. The van der Waals surface area contributed by atoms with Crippen molar-refractivity contribution in [3.05, 3.63) is 11.6 Å². The van der Waals surface area contributed by atoms with Crippen LogP contribution in [0.25, 0.3) is 0 Å². The third-order valence-electron chi connectivity index (χ3n) is 6.37. The lowest BCUT2D eigenvalue weighted by Gasteiger charge is -2.44. The normalized spacial score (nSPS) is 30.2. The highest BCUT2D eigenvalue weighted by molar-refractivity contribution is 5.85. The average Bonchev–Trinajstić information content (AvgIpc) is 2.97. The van der Waals surface area contributed by atoms with Gasteiger partial charge in [0, 0.05) is 31.0 Å². The maximum atomic E-state index is 13.1. The Labute approximate surface area is 168 Å². The first-order valence-electron chi connectivity index (χ1n) is 9.51. The van der Waals surface area contributed by atoms with Crippen LogP contribution >= 0.6 is 24.8 Å². The Morgan fingerprint density at radius 1 is 1.12 bits per heavy atom. The summed E-state index contributed by atoms with van der Waals surface area (Å²) in [5.74, 6) is 3.92. The van der Waals surface area contributed by atoms with Gasteiger partial charge in [-0.2, -0.15) is 0 Å². The lowest BCUT2D eigenvalue weighted by molar-refractivity contribution is -0.140. The Bertz CT molecular complexity index is 621. The molecule has 2 fully saturated rings. The van der Waals surface area contributed by atoms with E-state index in [4.69, 9.17) is 5.73 Å². The number of rotatable bonds is 2. The maximum absolute atomic E-state index is 13.1. The van der Waals surface area contributed by atoms with Crippen molar-refractivity contribution in [1.29, 1.82) is 0 Å². The third kappa shape index (κ3) is 3.73. The van der Waals surface area contributed by atoms with E-state index in [-0.39, 0.29) is 30.7 Å². The first kappa shape index (κ1) is 21.5. The maximum Gasteiger partial charge on any atom is 0.226 e. The summed E-state index contributed by atoms with van der Waals surface area (Å²) in [5, 5.41) is 8.64. The summed E-state index contributed by atoms with van der Waals surface area (Å²) in [5.41, 5.74) is 6.37. The first-order chi connectivity index (χ1) is 11.5. The van der Waals surface area contributed by atoms with Gasteiger partial charge in [0.2, 0.25) is 5.91 Å². The molecule has 0 radical (unpaired) electrons. The summed E-state index contributed by atoms with van der Waals surface area (Å²) in [6.07, 6.45) is 5.66. The molecule has 2 heterocycles. The molecule has 3 aliphatic rings. The zero-order valence-corrected chi connectivity index (χ0v) is 17.3. The van der Waals surface area contributed by atoms with Crippen LogP contribution in [-0.4, -0.2) is 38.2 Å². The molecule has 0 aromatic carbocycles. The predicted molar refractivity (Wildman–Crippen MR) is 106 cm³/mol. The fourth-order valence-corrected chi connectivity index (χ4v) is 5.04. The van der Waals surface area contributed by atoms with Crippen LogP contribution in [0.5, 0.6) is 0 Å². The topological polar surface area (TPSA) is 77.0 Å². The van der Waals surface area contributed by atoms with Gasteiger partial charge >= 0.3 is 0 Å². The molecule has 8 heteroatoms. The van der Waals surface area contributed by atoms with Gasteiger partial charge in [0.05, 0.1) is 6.54 Å². The molecule has 2 unspecified atom stereocenters. The van der Waals surface area contributed by atoms with Crippen molar-refractivity contribution in [2.75, 3.05) is 6.54 Å². The van der Waals surface area contributed by atoms with E-state index < -0.39 is 0 Å². The molecule has 148 valence electrons. The summed E-state index contributed by atoms with van der Waals surface area (Å²) in [7, 11) is 0. The Hall–Kier alpha value is -0.850. The van der Waals surface area contributed by atoms with Crippen molar-refractivity contribution in [2.45, 2.75) is 71.0 Å². The number of amides is 1. The monoisotopic (exact) mass is 403 g/mol. The lowest BCUT2D eigenvalue weighted by Crippen LogP contribution is -2.50. The molecule has 0 saturated heterocycles. The minimum atomic E-state index is 0. The average molecular weight is 404 g/mol. The van der Waals surface area contributed by atoms with Gasteiger partial charge in [-0.15, -0.1) is 35.0 Å². The molecule has 26 heavy (non-hydrogen) atoms. The lowest BCUT2D eigenvalue weighted by atomic mass is 9.65. The molecule has 1 aromatic rings. The van der Waals surface area contributed by atoms with E-state index >= 15 is 0 Å². The number of aromatic nitrogens is 3. The molecule has 1 amide bonds. The number of carbonyl (C=O) groups excluding carboxylic acids is 1. The van der Waals surface area contributed by atoms with Crippen molar-refractivity contribution in [2.24, 2.45) is 23.5 Å². The number of halogens is 2. The van der Waals surface area contributed by atoms with Gasteiger partial charge in [0.25, 0.3) is 0 Å². The second kappa shape index (κ2) is 8.44. The first-order valence-corrected chi connectivity index (χ1v) is 9.51. The van der Waals surface area contributed by atoms with Crippen LogP contribution in [-0.2, 0) is 17.9 Å². The van der Waals surface area contributed by atoms with Crippen LogP contribution in [0.3, 0.4) is 0 Å². The number of nitrogens with zero attached hydrogens (tertiary/aromatic N) is 4. The molecule has 2 aliphatic carbocycles. The number of hydrogen-bond acceptors (Lipinski definition) is 4. The minimum absolute atomic E-state index is 0. The number of nitrogens with two attached hydrogens (primary N) is 1. The van der Waals surface area contributed by atoms with Gasteiger partial charge in [-0.25, -0.2) is 0 Å². The van der Waals surface area contributed by atoms with E-state index in [0.29, 0.717) is 36.2 Å². The fraction of sp³-hybridized carbons (Fsp3) is 0.833. The molecule has 2 bridgehead atoms. The molecule has 6 nitrogen and oxygen atoms in total. The van der Waals surface area contributed by atoms with Crippen LogP contribution in [0.15, 0.2) is 0 Å². The third-order valence-corrected chi connectivity index (χ3v) is 6.37. The predicted octanol–water partition coefficient (Wildman–Crippen LogP) is 2.74. The van der Waals surface area contributed by atoms with E-state index in [9.17, 15) is 4.79 Å². The van der Waals surface area contributed by atoms with Gasteiger partial charge in [-0.1, -0.05) is 20.3 Å². The Balaban J connectivity index is 0.00000121. The summed E-state index contributed by atoms with van der Waals surface area (Å²) in [4.78, 5) is 15.1. The zero-order chi connectivity index (χ0) is 16.8. The van der Waals surface area contributed by atoms with Crippen molar-refractivity contribution in [3.8, 4) is 0 Å². The van der Waals surface area contributed by atoms with Gasteiger partial charge in [-0.05, 0) is 37.5 Å². The minimum Gasteiger partial charge on any atom is -0.333 e. The van der Waals surface area contributed by atoms with Crippen LogP contribution in [0.1, 0.15) is 63.5 Å². The van der Waals surface area contributed by atoms with Crippen LogP contribution in [0, 0.1) is 17.8 Å². The second-order valence-electron chi connectivity index (χ2n) is 8.24. The fourth-order valence-electron chi connectivity index (χ4n) is 5.04. The van der Waals surface area contributed by atoms with Crippen molar-refractivity contribution < 1.29 is 4.79 Å². The largest absolute Gasteiger partial charge is 0.333 e. The van der Waals surface area contributed by atoms with Crippen LogP contribution in [0.2, 0.25) is 0 Å². The Morgan fingerprint density at radius 2 is 1.77 bits per heavy atom. The van der Waals surface area contributed by atoms with Crippen LogP contribution < -0.4 is 5.73 Å². The highest BCUT2D eigenvalue weighted by atomic mass is 35.5. The summed E-state index contributed by atoms with van der Waals surface area (Å²) in [6.45, 7) is 6.48. The van der Waals surface area contributed by atoms with Crippen molar-refractivity contribution >= 4 is 30.7 Å². The van der Waals surface area contributed by atoms with Gasteiger partial charge in [-0.3, -0.25) is 4.79 Å². The van der Waals surface area contributed by atoms with E-state index in [0.717, 1.165) is 37.6 Å². The molecule has 1 aromatic heterocycles. The van der Waals surface area contributed by atoms with Gasteiger partial charge in [0.1, 0.15) is 5.82 Å². The van der Waals surface area contributed by atoms with E-state index in [2.05, 4.69) is 28.6 Å². The number of carbonyl (C=O) groups is 1. The highest BCUT2D eigenvalue weighted by Gasteiger charge is 2.42. The van der Waals surface area contributed by atoms with Crippen LogP contribution in [0.4, 0.5) is 0 Å². The Kier molecular flexibility index (Phi) is 6.97. The van der Waals surface area contributed by atoms with Crippen molar-refractivity contribution in [3.63, 3.8) is 0 Å². The molecule has 4 rings (SSSR count). The highest BCUT2D eigenvalue weighted by Crippen LogP contribution is 2.42. The molecular formula is C18H31Cl2N5O. The van der Waals surface area contributed by atoms with Crippen molar-refractivity contribution in [1.82, 2.24) is 19.7 Å². The smallest absolute Gasteiger partial charge is 0.226 e. The van der Waals surface area contributed by atoms with E-state index in [1.807, 2.05) is 4.90 Å². The number of hydrogen-bond donors (Lipinski definition) is 1. The standard InChI is InChI=1S/C18H29N5O.2ClH/c1-11(2)17-21-20-15-10-22(6-7-23(15)17)18(24)14-8-12-4-3-5-13(9-14)16(12)19;;/h11-14,16H,3-10,19H2,1-2H3;2*1H. The molecular weight excluding hydrogens is 373 g/mol. The summed E-state index contributed by atoms with van der Waals surface area (Å²) in [6, 6.07) is 0.320. The molecule has 2 saturated carbocycles. The second-order valence-corrected chi connectivity index (χ2v) is 8.24. The van der Waals surface area contributed by atoms with E-state index in [1.54, 1.807) is 0 Å². The summed E-state index contributed by atoms with van der Waals surface area (Å²) < 4.78 is 2.19. The molecule has 2 N–H and O–H groups in total. The van der Waals surface area contributed by atoms with Gasteiger partial charge in [0.15, 0.2) is 5.82 Å². The quantitative estimate of drug-likeness (QED) is 0.822. The SMILES string of the molecule is CC(C)c1nnc2n1CCN(C(=O)C1CC3CCCC(C1)C3N)C2.Cl.Cl. The molecule has 2 atom stereocenters. The Morgan fingerprint density at radius 3 is 2.38 bits per heavy atom. The molecule has 0 spiro atoms. The zero-order valence-electron chi connectivity index (χ0n) is 15.6. The molecule has 1 aliphatic heterocycles.